The van der Waals surface area contributed by atoms with Crippen molar-refractivity contribution in [3.63, 3.8) is 0 Å². The SMILES string of the molecule is CC1=CC(C=C2C=CC=N2)=NC1=C(C)C1=NC(=C(C)C2=C(C)C(=O)C(=O)N2)C(C)=C1C. The van der Waals surface area contributed by atoms with E-state index in [1.165, 1.54) is 0 Å². The van der Waals surface area contributed by atoms with Crippen LogP contribution in [-0.4, -0.2) is 29.3 Å². The normalized spacial score (nSPS) is 25.1. The number of allylic oxidation sites excluding steroid dienone is 9. The first-order valence-corrected chi connectivity index (χ1v) is 10.1. The molecule has 156 valence electrons. The average molecular weight is 412 g/mol. The van der Waals surface area contributed by atoms with Crippen LogP contribution >= 0.6 is 0 Å². The quantitative estimate of drug-likeness (QED) is 0.704. The molecule has 0 spiro atoms. The molecule has 0 aromatic carbocycles. The molecule has 0 aromatic rings. The highest BCUT2D eigenvalue weighted by Gasteiger charge is 2.31. The van der Waals surface area contributed by atoms with Gasteiger partial charge in [-0.2, -0.15) is 0 Å². The average Bonchev–Trinajstić information content (AvgIpc) is 3.49. The van der Waals surface area contributed by atoms with Crippen molar-refractivity contribution in [1.29, 1.82) is 0 Å². The summed E-state index contributed by atoms with van der Waals surface area (Å²) in [6.07, 6.45) is 9.61. The zero-order valence-electron chi connectivity index (χ0n) is 18.5. The first-order chi connectivity index (χ1) is 14.7. The van der Waals surface area contributed by atoms with Crippen LogP contribution in [0.3, 0.4) is 0 Å². The number of amides is 1. The van der Waals surface area contributed by atoms with E-state index in [1.54, 1.807) is 13.1 Å². The number of ketones is 1. The van der Waals surface area contributed by atoms with Crippen LogP contribution in [0.2, 0.25) is 0 Å². The molecule has 0 saturated heterocycles. The van der Waals surface area contributed by atoms with E-state index in [0.717, 1.165) is 56.4 Å². The summed E-state index contributed by atoms with van der Waals surface area (Å²) in [7, 11) is 0. The number of nitrogens with one attached hydrogen (secondary N) is 1. The highest BCUT2D eigenvalue weighted by molar-refractivity contribution is 6.45. The van der Waals surface area contributed by atoms with Gasteiger partial charge < -0.3 is 5.32 Å². The van der Waals surface area contributed by atoms with E-state index in [2.05, 4.69) is 10.3 Å². The van der Waals surface area contributed by atoms with Gasteiger partial charge in [-0.1, -0.05) is 0 Å². The summed E-state index contributed by atoms with van der Waals surface area (Å²) < 4.78 is 0. The molecule has 31 heavy (non-hydrogen) atoms. The lowest BCUT2D eigenvalue weighted by Crippen LogP contribution is -2.21. The maximum Gasteiger partial charge on any atom is 0.296 e. The van der Waals surface area contributed by atoms with Crippen molar-refractivity contribution in [2.45, 2.75) is 41.5 Å². The third-order valence-corrected chi connectivity index (χ3v) is 5.95. The first-order valence-electron chi connectivity index (χ1n) is 10.1. The van der Waals surface area contributed by atoms with Crippen molar-refractivity contribution < 1.29 is 9.59 Å². The summed E-state index contributed by atoms with van der Waals surface area (Å²) in [5.74, 6) is -1.08. The van der Waals surface area contributed by atoms with Crippen LogP contribution in [0.25, 0.3) is 0 Å². The Morgan fingerprint density at radius 1 is 0.935 bits per heavy atom. The Labute approximate surface area is 181 Å². The van der Waals surface area contributed by atoms with Gasteiger partial charge in [-0.15, -0.1) is 0 Å². The van der Waals surface area contributed by atoms with E-state index in [9.17, 15) is 9.59 Å². The fourth-order valence-corrected chi connectivity index (χ4v) is 4.06. The Bertz CT molecular complexity index is 1250. The van der Waals surface area contributed by atoms with E-state index >= 15 is 0 Å². The molecule has 4 aliphatic heterocycles. The Kier molecular flexibility index (Phi) is 5.01. The number of nitrogens with zero attached hydrogens (tertiary/aromatic N) is 3. The van der Waals surface area contributed by atoms with Crippen LogP contribution in [0.4, 0.5) is 0 Å². The molecule has 4 rings (SSSR count). The van der Waals surface area contributed by atoms with Crippen LogP contribution in [0.5, 0.6) is 0 Å². The Morgan fingerprint density at radius 2 is 1.68 bits per heavy atom. The third kappa shape index (κ3) is 3.44. The van der Waals surface area contributed by atoms with Crippen molar-refractivity contribution in [2.24, 2.45) is 15.0 Å². The number of hydrogen-bond acceptors (Lipinski definition) is 5. The molecule has 6 heteroatoms. The van der Waals surface area contributed by atoms with E-state index in [4.69, 9.17) is 9.98 Å². The number of carbonyl (C=O) groups is 2. The van der Waals surface area contributed by atoms with Crippen LogP contribution in [0.1, 0.15) is 41.5 Å². The third-order valence-electron chi connectivity index (χ3n) is 5.95. The van der Waals surface area contributed by atoms with Crippen molar-refractivity contribution in [3.05, 3.63) is 80.5 Å². The number of aliphatic imine (C=N–C) groups is 3. The number of rotatable bonds is 3. The smallest absolute Gasteiger partial charge is 0.296 e. The molecule has 0 atom stereocenters. The topological polar surface area (TPSA) is 83.2 Å². The second kappa shape index (κ2) is 7.54. The van der Waals surface area contributed by atoms with Gasteiger partial charge in [-0.05, 0) is 88.1 Å². The minimum Gasteiger partial charge on any atom is -0.318 e. The highest BCUT2D eigenvalue weighted by atomic mass is 16.2. The molecule has 0 fully saturated rings. The molecule has 1 amide bonds. The van der Waals surface area contributed by atoms with Crippen molar-refractivity contribution in [2.75, 3.05) is 0 Å². The minimum atomic E-state index is -0.588. The lowest BCUT2D eigenvalue weighted by atomic mass is 9.98. The summed E-state index contributed by atoms with van der Waals surface area (Å²) in [6.45, 7) is 11.7. The maximum atomic E-state index is 11.9. The van der Waals surface area contributed by atoms with Gasteiger partial charge in [0.15, 0.2) is 0 Å². The molecule has 1 N–H and O–H groups in total. The van der Waals surface area contributed by atoms with E-state index in [-0.39, 0.29) is 0 Å². The summed E-state index contributed by atoms with van der Waals surface area (Å²) in [4.78, 5) is 37.7. The van der Waals surface area contributed by atoms with Gasteiger partial charge in [0, 0.05) is 17.4 Å². The van der Waals surface area contributed by atoms with Crippen molar-refractivity contribution >= 4 is 29.3 Å². The zero-order chi connectivity index (χ0) is 22.4. The summed E-state index contributed by atoms with van der Waals surface area (Å²) >= 11 is 0. The number of carbonyl (C=O) groups excluding carboxylic acids is 2. The monoisotopic (exact) mass is 412 g/mol. The van der Waals surface area contributed by atoms with Crippen LogP contribution in [0, 0.1) is 0 Å². The second-order valence-corrected chi connectivity index (χ2v) is 8.01. The van der Waals surface area contributed by atoms with Gasteiger partial charge in [-0.3, -0.25) is 14.6 Å². The molecule has 0 aliphatic carbocycles. The molecule has 6 nitrogen and oxygen atoms in total. The molecule has 0 saturated carbocycles. The summed E-state index contributed by atoms with van der Waals surface area (Å²) in [5.41, 5.74) is 10.2. The molecule has 4 aliphatic rings. The van der Waals surface area contributed by atoms with Gasteiger partial charge in [0.05, 0.1) is 34.2 Å². The van der Waals surface area contributed by atoms with Gasteiger partial charge >= 0.3 is 0 Å². The Morgan fingerprint density at radius 3 is 2.29 bits per heavy atom. The van der Waals surface area contributed by atoms with E-state index in [0.29, 0.717) is 11.3 Å². The molecule has 0 radical (unpaired) electrons. The van der Waals surface area contributed by atoms with E-state index < -0.39 is 11.7 Å². The second-order valence-electron chi connectivity index (χ2n) is 8.01. The molecular weight excluding hydrogens is 388 g/mol. The predicted molar refractivity (Wildman–Crippen MR) is 124 cm³/mol. The van der Waals surface area contributed by atoms with Crippen LogP contribution < -0.4 is 5.32 Å². The minimum absolute atomic E-state index is 0.430. The highest BCUT2D eigenvalue weighted by Crippen LogP contribution is 2.35. The van der Waals surface area contributed by atoms with Gasteiger partial charge in [0.1, 0.15) is 0 Å². The number of Topliss-reactive ketones (excluding diaryl/α,β-unsaturated/α-hetero) is 1. The Hall–Kier alpha value is -3.67. The lowest BCUT2D eigenvalue weighted by Gasteiger charge is -2.08. The molecular formula is C25H24N4O2. The van der Waals surface area contributed by atoms with Gasteiger partial charge in [0.2, 0.25) is 5.78 Å². The molecule has 0 unspecified atom stereocenters. The van der Waals surface area contributed by atoms with Crippen molar-refractivity contribution in [1.82, 2.24) is 5.32 Å². The fourth-order valence-electron chi connectivity index (χ4n) is 4.06. The lowest BCUT2D eigenvalue weighted by molar-refractivity contribution is -0.134. The summed E-state index contributed by atoms with van der Waals surface area (Å²) in [6, 6.07) is 0. The maximum absolute atomic E-state index is 11.9. The Balaban J connectivity index is 1.76. The van der Waals surface area contributed by atoms with Gasteiger partial charge in [0.25, 0.3) is 5.91 Å². The fraction of sp³-hybridized carbons (Fsp3) is 0.240. The van der Waals surface area contributed by atoms with Crippen molar-refractivity contribution in [3.8, 4) is 0 Å². The first kappa shape index (κ1) is 20.6. The predicted octanol–water partition coefficient (Wildman–Crippen LogP) is 4.22. The van der Waals surface area contributed by atoms with E-state index in [1.807, 2.05) is 58.9 Å². The van der Waals surface area contributed by atoms with Gasteiger partial charge in [-0.25, -0.2) is 9.98 Å². The molecule has 0 bridgehead atoms. The standard InChI is InChI=1S/C25H24N4O2/c1-12-10-19(11-18-8-7-9-26-18)27-20(12)15(4)21-13(2)14(3)22(28-21)16(5)23-17(6)24(30)25(31)29-23/h7-11H,1-6H3,(H,29,30,31). The largest absolute Gasteiger partial charge is 0.318 e. The molecule has 0 aromatic heterocycles. The summed E-state index contributed by atoms with van der Waals surface area (Å²) in [5, 5.41) is 2.69. The number of hydrogen-bond donors (Lipinski definition) is 1. The molecule has 4 heterocycles. The van der Waals surface area contributed by atoms with Crippen LogP contribution in [-0.2, 0) is 9.59 Å². The zero-order valence-corrected chi connectivity index (χ0v) is 18.5. The van der Waals surface area contributed by atoms with Crippen LogP contribution in [0.15, 0.2) is 95.5 Å².